The number of benzene rings is 2. The zero-order valence-electron chi connectivity index (χ0n) is 15.7. The van der Waals surface area contributed by atoms with Crippen LogP contribution in [0.5, 0.6) is 0 Å². The Morgan fingerprint density at radius 2 is 1.89 bits per heavy atom. The monoisotopic (exact) mass is 361 g/mol. The van der Waals surface area contributed by atoms with Crippen LogP contribution in [0.1, 0.15) is 35.6 Å². The average molecular weight is 361 g/mol. The summed E-state index contributed by atoms with van der Waals surface area (Å²) in [5, 5.41) is 0.558. The van der Waals surface area contributed by atoms with Crippen molar-refractivity contribution in [3.63, 3.8) is 0 Å². The van der Waals surface area contributed by atoms with E-state index in [1.165, 1.54) is 22.0 Å². The van der Waals surface area contributed by atoms with Gasteiger partial charge in [0.05, 0.1) is 23.3 Å². The lowest BCUT2D eigenvalue weighted by Gasteiger charge is -2.26. The summed E-state index contributed by atoms with van der Waals surface area (Å²) < 4.78 is 1.43. The SMILES string of the molecule is Cc1ccccc1C1CCCN1C(=O)Cn1cnc2c(C)cccc2c1=O. The first kappa shape index (κ1) is 17.5. The van der Waals surface area contributed by atoms with Gasteiger partial charge in [0.1, 0.15) is 6.54 Å². The fraction of sp³-hybridized carbons (Fsp3) is 0.318. The number of aromatic nitrogens is 2. The summed E-state index contributed by atoms with van der Waals surface area (Å²) in [7, 11) is 0. The molecule has 2 heterocycles. The van der Waals surface area contributed by atoms with E-state index in [9.17, 15) is 9.59 Å². The molecular weight excluding hydrogens is 338 g/mol. The molecular formula is C22H23N3O2. The highest BCUT2D eigenvalue weighted by atomic mass is 16.2. The Bertz CT molecular complexity index is 1070. The van der Waals surface area contributed by atoms with Crippen LogP contribution in [0.25, 0.3) is 10.9 Å². The van der Waals surface area contributed by atoms with Gasteiger partial charge in [0.15, 0.2) is 0 Å². The summed E-state index contributed by atoms with van der Waals surface area (Å²) in [6, 6.07) is 13.8. The topological polar surface area (TPSA) is 55.2 Å². The van der Waals surface area contributed by atoms with Crippen LogP contribution in [0.15, 0.2) is 53.6 Å². The van der Waals surface area contributed by atoms with Crippen molar-refractivity contribution in [2.24, 2.45) is 0 Å². The van der Waals surface area contributed by atoms with Gasteiger partial charge >= 0.3 is 0 Å². The van der Waals surface area contributed by atoms with Crippen LogP contribution < -0.4 is 5.56 Å². The maximum atomic E-state index is 13.0. The number of hydrogen-bond donors (Lipinski definition) is 0. The van der Waals surface area contributed by atoms with Gasteiger partial charge in [0.2, 0.25) is 5.91 Å². The van der Waals surface area contributed by atoms with Gasteiger partial charge in [-0.25, -0.2) is 4.98 Å². The van der Waals surface area contributed by atoms with Crippen LogP contribution in [-0.4, -0.2) is 26.9 Å². The van der Waals surface area contributed by atoms with Crippen molar-refractivity contribution < 1.29 is 4.79 Å². The van der Waals surface area contributed by atoms with Crippen LogP contribution in [0.2, 0.25) is 0 Å². The Morgan fingerprint density at radius 3 is 2.70 bits per heavy atom. The highest BCUT2D eigenvalue weighted by Gasteiger charge is 2.30. The first-order valence-electron chi connectivity index (χ1n) is 9.36. The number of carbonyl (C=O) groups excluding carboxylic acids is 1. The van der Waals surface area contributed by atoms with E-state index in [1.54, 1.807) is 6.07 Å². The molecule has 0 saturated carbocycles. The summed E-state index contributed by atoms with van der Waals surface area (Å²) in [5.74, 6) is -0.0309. The first-order valence-corrected chi connectivity index (χ1v) is 9.36. The third-order valence-electron chi connectivity index (χ3n) is 5.48. The van der Waals surface area contributed by atoms with Crippen LogP contribution >= 0.6 is 0 Å². The van der Waals surface area contributed by atoms with Gasteiger partial charge in [-0.05, 0) is 49.4 Å². The number of nitrogens with zero attached hydrogens (tertiary/aromatic N) is 3. The van der Waals surface area contributed by atoms with Crippen molar-refractivity contribution in [3.8, 4) is 0 Å². The zero-order valence-corrected chi connectivity index (χ0v) is 15.7. The lowest BCUT2D eigenvalue weighted by molar-refractivity contribution is -0.132. The molecule has 0 aliphatic carbocycles. The van der Waals surface area contributed by atoms with Crippen molar-refractivity contribution >= 4 is 16.8 Å². The van der Waals surface area contributed by atoms with Crippen molar-refractivity contribution in [1.29, 1.82) is 0 Å². The number of hydrogen-bond acceptors (Lipinski definition) is 3. The van der Waals surface area contributed by atoms with Crippen LogP contribution in [0, 0.1) is 13.8 Å². The summed E-state index contributed by atoms with van der Waals surface area (Å²) in [6.45, 7) is 4.77. The normalized spacial score (nSPS) is 16.8. The molecule has 1 aromatic heterocycles. The summed E-state index contributed by atoms with van der Waals surface area (Å²) in [6.07, 6.45) is 3.43. The number of likely N-dealkylation sites (tertiary alicyclic amines) is 1. The quantitative estimate of drug-likeness (QED) is 0.719. The van der Waals surface area contributed by atoms with Gasteiger partial charge in [-0.2, -0.15) is 0 Å². The van der Waals surface area contributed by atoms with Gasteiger partial charge in [-0.15, -0.1) is 0 Å². The number of amides is 1. The zero-order chi connectivity index (χ0) is 19.0. The third-order valence-corrected chi connectivity index (χ3v) is 5.48. The Morgan fingerprint density at radius 1 is 1.11 bits per heavy atom. The highest BCUT2D eigenvalue weighted by molar-refractivity contribution is 5.81. The second-order valence-corrected chi connectivity index (χ2v) is 7.25. The molecule has 1 atom stereocenters. The predicted molar refractivity (Wildman–Crippen MR) is 106 cm³/mol. The molecule has 5 heteroatoms. The summed E-state index contributed by atoms with van der Waals surface area (Å²) in [5.41, 5.74) is 3.89. The van der Waals surface area contributed by atoms with Gasteiger partial charge < -0.3 is 4.90 Å². The van der Waals surface area contributed by atoms with Crippen LogP contribution in [0.3, 0.4) is 0 Å². The van der Waals surface area contributed by atoms with Crippen molar-refractivity contribution in [3.05, 3.63) is 75.8 Å². The summed E-state index contributed by atoms with van der Waals surface area (Å²) in [4.78, 5) is 32.1. The standard InChI is InChI=1S/C22H23N3O2/c1-15-7-3-4-9-17(15)19-11-6-12-25(19)20(26)13-24-14-23-21-16(2)8-5-10-18(21)22(24)27/h3-5,7-10,14,19H,6,11-13H2,1-2H3. The van der Waals surface area contributed by atoms with Gasteiger partial charge in [-0.3, -0.25) is 14.2 Å². The fourth-order valence-corrected chi connectivity index (χ4v) is 4.04. The third kappa shape index (κ3) is 3.14. The molecule has 0 bridgehead atoms. The molecule has 1 unspecified atom stereocenters. The molecule has 2 aromatic carbocycles. The predicted octanol–water partition coefficient (Wildman–Crippen LogP) is 3.38. The molecule has 0 N–H and O–H groups in total. The van der Waals surface area contributed by atoms with E-state index in [0.29, 0.717) is 10.9 Å². The molecule has 1 amide bonds. The molecule has 0 radical (unpaired) electrons. The Balaban J connectivity index is 1.62. The molecule has 3 aromatic rings. The molecule has 1 aliphatic heterocycles. The smallest absolute Gasteiger partial charge is 0.261 e. The average Bonchev–Trinajstić information content (AvgIpc) is 3.14. The van der Waals surface area contributed by atoms with E-state index in [1.807, 2.05) is 36.1 Å². The maximum absolute atomic E-state index is 13.0. The molecule has 4 rings (SSSR count). The molecule has 0 spiro atoms. The van der Waals surface area contributed by atoms with Crippen LogP contribution in [0.4, 0.5) is 0 Å². The highest BCUT2D eigenvalue weighted by Crippen LogP contribution is 2.33. The van der Waals surface area contributed by atoms with Gasteiger partial charge in [0, 0.05) is 6.54 Å². The number of para-hydroxylation sites is 1. The molecule has 5 nitrogen and oxygen atoms in total. The number of aryl methyl sites for hydroxylation is 2. The van der Waals surface area contributed by atoms with Crippen LogP contribution in [-0.2, 0) is 11.3 Å². The largest absolute Gasteiger partial charge is 0.334 e. The van der Waals surface area contributed by atoms with Crippen molar-refractivity contribution in [2.45, 2.75) is 39.3 Å². The van der Waals surface area contributed by atoms with E-state index < -0.39 is 0 Å². The lowest BCUT2D eigenvalue weighted by atomic mass is 9.99. The van der Waals surface area contributed by atoms with Gasteiger partial charge in [-0.1, -0.05) is 36.4 Å². The van der Waals surface area contributed by atoms with E-state index in [-0.39, 0.29) is 24.1 Å². The first-order chi connectivity index (χ1) is 13.1. The fourth-order valence-electron chi connectivity index (χ4n) is 4.04. The number of fused-ring (bicyclic) bond motifs is 1. The second kappa shape index (κ2) is 6.99. The lowest BCUT2D eigenvalue weighted by Crippen LogP contribution is -2.36. The second-order valence-electron chi connectivity index (χ2n) is 7.25. The Kier molecular flexibility index (Phi) is 4.52. The number of carbonyl (C=O) groups is 1. The van der Waals surface area contributed by atoms with E-state index in [2.05, 4.69) is 24.0 Å². The summed E-state index contributed by atoms with van der Waals surface area (Å²) >= 11 is 0. The van der Waals surface area contributed by atoms with Gasteiger partial charge in [0.25, 0.3) is 5.56 Å². The van der Waals surface area contributed by atoms with E-state index in [4.69, 9.17) is 0 Å². The molecule has 1 aliphatic rings. The maximum Gasteiger partial charge on any atom is 0.261 e. The van der Waals surface area contributed by atoms with Crippen molar-refractivity contribution in [1.82, 2.24) is 14.5 Å². The molecule has 1 fully saturated rings. The minimum Gasteiger partial charge on any atom is -0.334 e. The molecule has 27 heavy (non-hydrogen) atoms. The Hall–Kier alpha value is -2.95. The minimum absolute atomic E-state index is 0.0259. The Labute approximate surface area is 158 Å². The minimum atomic E-state index is -0.163. The van der Waals surface area contributed by atoms with E-state index in [0.717, 1.165) is 24.9 Å². The molecule has 138 valence electrons. The van der Waals surface area contributed by atoms with E-state index >= 15 is 0 Å². The number of rotatable bonds is 3. The molecule has 1 saturated heterocycles. The van der Waals surface area contributed by atoms with Crippen molar-refractivity contribution in [2.75, 3.05) is 6.54 Å².